The zero-order chi connectivity index (χ0) is 22.8. The highest BCUT2D eigenvalue weighted by Crippen LogP contribution is 2.29. The summed E-state index contributed by atoms with van der Waals surface area (Å²) in [4.78, 5) is 32.6. The van der Waals surface area contributed by atoms with Gasteiger partial charge in [0.05, 0.1) is 5.56 Å². The normalized spacial score (nSPS) is 13.9. The van der Waals surface area contributed by atoms with Crippen LogP contribution in [-0.4, -0.2) is 54.1 Å². The van der Waals surface area contributed by atoms with Crippen LogP contribution in [0.5, 0.6) is 0 Å². The number of hydrogen-bond acceptors (Lipinski definition) is 6. The molecule has 0 aliphatic carbocycles. The Kier molecular flexibility index (Phi) is 5.56. The lowest BCUT2D eigenvalue weighted by atomic mass is 10.0. The molecule has 33 heavy (non-hydrogen) atoms. The van der Waals surface area contributed by atoms with Crippen molar-refractivity contribution in [1.82, 2.24) is 15.0 Å². The maximum atomic E-state index is 13.3. The molecule has 0 atom stereocenters. The zero-order valence-corrected chi connectivity index (χ0v) is 18.2. The van der Waals surface area contributed by atoms with E-state index in [4.69, 9.17) is 4.98 Å². The summed E-state index contributed by atoms with van der Waals surface area (Å²) in [7, 11) is 1.68. The summed E-state index contributed by atoms with van der Waals surface area (Å²) in [5, 5.41) is 1.77. The van der Waals surface area contributed by atoms with Crippen molar-refractivity contribution in [3.63, 3.8) is 0 Å². The number of hydrogen-bond donors (Lipinski definition) is 0. The summed E-state index contributed by atoms with van der Waals surface area (Å²) >= 11 is 0. The van der Waals surface area contributed by atoms with Crippen LogP contribution < -0.4 is 14.7 Å². The molecular weight excluding hydrogens is 419 g/mol. The number of anilines is 3. The second kappa shape index (κ2) is 8.82. The van der Waals surface area contributed by atoms with Crippen LogP contribution in [0.4, 0.5) is 21.8 Å². The molecule has 0 radical (unpaired) electrons. The Labute approximate surface area is 191 Å². The van der Waals surface area contributed by atoms with E-state index in [1.807, 2.05) is 30.3 Å². The molecule has 1 amide bonds. The van der Waals surface area contributed by atoms with Crippen molar-refractivity contribution in [2.45, 2.75) is 0 Å². The maximum Gasteiger partial charge on any atom is 0.260 e. The first-order valence-electron chi connectivity index (χ1n) is 10.8. The SMILES string of the molecule is CN(C(=O)c1cnc(N2CCN(c3ncccn3)CC2)c2ccccc12)c1ccc(F)cc1. The number of carbonyl (C=O) groups is 1. The van der Waals surface area contributed by atoms with Gasteiger partial charge in [0.2, 0.25) is 5.95 Å². The monoisotopic (exact) mass is 442 g/mol. The molecule has 0 bridgehead atoms. The number of fused-ring (bicyclic) bond motifs is 1. The molecule has 1 aliphatic rings. The van der Waals surface area contributed by atoms with E-state index in [0.29, 0.717) is 11.3 Å². The predicted molar refractivity (Wildman–Crippen MR) is 127 cm³/mol. The average Bonchev–Trinajstić information content (AvgIpc) is 2.88. The molecule has 7 nitrogen and oxygen atoms in total. The molecule has 1 fully saturated rings. The Balaban J connectivity index is 1.42. The topological polar surface area (TPSA) is 65.5 Å². The van der Waals surface area contributed by atoms with Crippen molar-refractivity contribution >= 4 is 34.1 Å². The quantitative estimate of drug-likeness (QED) is 0.480. The third-order valence-corrected chi connectivity index (χ3v) is 5.94. The number of amides is 1. The highest BCUT2D eigenvalue weighted by molar-refractivity contribution is 6.15. The van der Waals surface area contributed by atoms with Crippen molar-refractivity contribution < 1.29 is 9.18 Å². The molecule has 2 aromatic heterocycles. The molecule has 0 saturated carbocycles. The van der Waals surface area contributed by atoms with Gasteiger partial charge in [0.15, 0.2) is 0 Å². The van der Waals surface area contributed by atoms with Gasteiger partial charge in [-0.2, -0.15) is 0 Å². The number of benzene rings is 2. The van der Waals surface area contributed by atoms with Crippen LogP contribution in [0.1, 0.15) is 10.4 Å². The smallest absolute Gasteiger partial charge is 0.260 e. The van der Waals surface area contributed by atoms with Crippen LogP contribution in [-0.2, 0) is 0 Å². The molecule has 1 aliphatic heterocycles. The minimum Gasteiger partial charge on any atom is -0.353 e. The van der Waals surface area contributed by atoms with Gasteiger partial charge in [-0.05, 0) is 35.7 Å². The first-order chi connectivity index (χ1) is 16.1. The second-order valence-corrected chi connectivity index (χ2v) is 7.90. The lowest BCUT2D eigenvalue weighted by Gasteiger charge is -2.36. The average molecular weight is 442 g/mol. The van der Waals surface area contributed by atoms with Crippen molar-refractivity contribution in [3.8, 4) is 0 Å². The number of rotatable bonds is 4. The third kappa shape index (κ3) is 4.07. The summed E-state index contributed by atoms with van der Waals surface area (Å²) in [5.41, 5.74) is 1.13. The molecule has 5 rings (SSSR count). The van der Waals surface area contributed by atoms with E-state index in [1.54, 1.807) is 37.8 Å². The highest BCUT2D eigenvalue weighted by Gasteiger charge is 2.24. The lowest BCUT2D eigenvalue weighted by molar-refractivity contribution is 0.0994. The summed E-state index contributed by atoms with van der Waals surface area (Å²) in [6.07, 6.45) is 5.15. The van der Waals surface area contributed by atoms with Crippen LogP contribution >= 0.6 is 0 Å². The molecular formula is C25H23FN6O. The van der Waals surface area contributed by atoms with E-state index in [0.717, 1.165) is 48.7 Å². The molecule has 3 heterocycles. The molecule has 1 saturated heterocycles. The van der Waals surface area contributed by atoms with Gasteiger partial charge >= 0.3 is 0 Å². The van der Waals surface area contributed by atoms with Crippen molar-refractivity contribution in [2.24, 2.45) is 0 Å². The van der Waals surface area contributed by atoms with Crippen LogP contribution in [0.3, 0.4) is 0 Å². The van der Waals surface area contributed by atoms with E-state index in [9.17, 15) is 9.18 Å². The first-order valence-corrected chi connectivity index (χ1v) is 10.8. The summed E-state index contributed by atoms with van der Waals surface area (Å²) in [5.74, 6) is 1.07. The fourth-order valence-corrected chi connectivity index (χ4v) is 4.14. The predicted octanol–water partition coefficient (Wildman–Crippen LogP) is 3.77. The fourth-order valence-electron chi connectivity index (χ4n) is 4.14. The fraction of sp³-hybridized carbons (Fsp3) is 0.200. The van der Waals surface area contributed by atoms with Gasteiger partial charge in [-0.15, -0.1) is 0 Å². The minimum absolute atomic E-state index is 0.192. The Hall–Kier alpha value is -4.07. The standard InChI is InChI=1S/C25H23FN6O/c1-30(19-9-7-18(26)8-10-19)24(33)22-17-29-23(21-6-3-2-5-20(21)22)31-13-15-32(16-14-31)25-27-11-4-12-28-25/h2-12,17H,13-16H2,1H3. The van der Waals surface area contributed by atoms with E-state index in [1.165, 1.54) is 17.0 Å². The number of pyridine rings is 1. The Morgan fingerprint density at radius 2 is 1.48 bits per heavy atom. The van der Waals surface area contributed by atoms with E-state index in [2.05, 4.69) is 19.8 Å². The van der Waals surface area contributed by atoms with Gasteiger partial charge in [-0.3, -0.25) is 4.79 Å². The van der Waals surface area contributed by atoms with Gasteiger partial charge in [0, 0.05) is 62.9 Å². The minimum atomic E-state index is -0.338. The Morgan fingerprint density at radius 1 is 0.848 bits per heavy atom. The summed E-state index contributed by atoms with van der Waals surface area (Å²) in [6.45, 7) is 3.12. The number of nitrogens with zero attached hydrogens (tertiary/aromatic N) is 6. The van der Waals surface area contributed by atoms with Crippen molar-refractivity contribution in [2.75, 3.05) is 47.9 Å². The van der Waals surface area contributed by atoms with E-state index >= 15 is 0 Å². The number of aromatic nitrogens is 3. The molecule has 0 unspecified atom stereocenters. The second-order valence-electron chi connectivity index (χ2n) is 7.90. The highest BCUT2D eigenvalue weighted by atomic mass is 19.1. The van der Waals surface area contributed by atoms with Gasteiger partial charge in [0.25, 0.3) is 5.91 Å². The molecule has 0 spiro atoms. The van der Waals surface area contributed by atoms with Crippen LogP contribution in [0, 0.1) is 5.82 Å². The largest absolute Gasteiger partial charge is 0.353 e. The molecule has 2 aromatic carbocycles. The molecule has 4 aromatic rings. The first kappa shape index (κ1) is 20.8. The number of piperazine rings is 1. The van der Waals surface area contributed by atoms with Crippen LogP contribution in [0.25, 0.3) is 10.8 Å². The third-order valence-electron chi connectivity index (χ3n) is 5.94. The summed E-state index contributed by atoms with van der Waals surface area (Å²) < 4.78 is 13.3. The van der Waals surface area contributed by atoms with Crippen molar-refractivity contribution in [1.29, 1.82) is 0 Å². The lowest BCUT2D eigenvalue weighted by Crippen LogP contribution is -2.47. The van der Waals surface area contributed by atoms with E-state index < -0.39 is 0 Å². The van der Waals surface area contributed by atoms with Gasteiger partial charge in [-0.25, -0.2) is 19.3 Å². The Bertz CT molecular complexity index is 1270. The molecule has 8 heteroatoms. The van der Waals surface area contributed by atoms with Crippen molar-refractivity contribution in [3.05, 3.63) is 84.6 Å². The summed E-state index contributed by atoms with van der Waals surface area (Å²) in [6, 6.07) is 15.5. The van der Waals surface area contributed by atoms with E-state index in [-0.39, 0.29) is 11.7 Å². The van der Waals surface area contributed by atoms with Gasteiger partial charge < -0.3 is 14.7 Å². The zero-order valence-electron chi connectivity index (χ0n) is 18.2. The van der Waals surface area contributed by atoms with Gasteiger partial charge in [-0.1, -0.05) is 24.3 Å². The number of carbonyl (C=O) groups excluding carboxylic acids is 1. The maximum absolute atomic E-state index is 13.3. The molecule has 0 N–H and O–H groups in total. The van der Waals surface area contributed by atoms with Crippen LogP contribution in [0.15, 0.2) is 73.2 Å². The Morgan fingerprint density at radius 3 is 2.18 bits per heavy atom. The molecule has 166 valence electrons. The van der Waals surface area contributed by atoms with Crippen LogP contribution in [0.2, 0.25) is 0 Å². The number of halogens is 1. The van der Waals surface area contributed by atoms with Gasteiger partial charge in [0.1, 0.15) is 11.6 Å².